The molecule has 0 atom stereocenters. The Morgan fingerprint density at radius 1 is 1.36 bits per heavy atom. The number of ether oxygens (including phenoxy) is 1. The molecular weight excluding hydrogens is 168 g/mol. The molecule has 0 N–H and O–H groups in total. The van der Waals surface area contributed by atoms with Crippen molar-refractivity contribution in [3.63, 3.8) is 0 Å². The number of methoxy groups -OCH3 is 1. The second kappa shape index (κ2) is 3.95. The molecule has 6 heteroatoms. The maximum atomic E-state index is 11.5. The Labute approximate surface area is 59.4 Å². The summed E-state index contributed by atoms with van der Waals surface area (Å²) >= 11 is 0. The predicted molar refractivity (Wildman–Crippen MR) is 27.3 cm³/mol. The van der Waals surface area contributed by atoms with E-state index in [9.17, 15) is 22.4 Å². The fourth-order valence-electron chi connectivity index (χ4n) is 0.359. The van der Waals surface area contributed by atoms with Crippen molar-refractivity contribution in [1.82, 2.24) is 0 Å². The predicted octanol–water partition coefficient (Wildman–Crippen LogP) is 1.58. The van der Waals surface area contributed by atoms with E-state index in [1.807, 2.05) is 0 Å². The average Bonchev–Trinajstić information content (AvgIpc) is 1.85. The lowest BCUT2D eigenvalue weighted by molar-refractivity contribution is -0.137. The molecular formula is C5H4F4O2. The van der Waals surface area contributed by atoms with Crippen LogP contribution in [-0.4, -0.2) is 19.5 Å². The van der Waals surface area contributed by atoms with Crippen molar-refractivity contribution >= 4 is 5.97 Å². The molecule has 0 spiro atoms. The van der Waals surface area contributed by atoms with Crippen LogP contribution in [0.2, 0.25) is 0 Å². The number of carbonyl (C=O) groups excluding carboxylic acids is 1. The third kappa shape index (κ3) is 2.57. The van der Waals surface area contributed by atoms with Gasteiger partial charge in [0.2, 0.25) is 0 Å². The number of hydrogen-bond acceptors (Lipinski definition) is 2. The second-order valence-corrected chi connectivity index (χ2v) is 1.47. The van der Waals surface area contributed by atoms with Crippen molar-refractivity contribution in [2.24, 2.45) is 0 Å². The van der Waals surface area contributed by atoms with E-state index in [-0.39, 0.29) is 0 Å². The number of rotatable bonds is 2. The summed E-state index contributed by atoms with van der Waals surface area (Å²) in [4.78, 5) is 10.2. The first kappa shape index (κ1) is 9.93. The van der Waals surface area contributed by atoms with Crippen LogP contribution in [0.5, 0.6) is 0 Å². The minimum absolute atomic E-state index is 0.744. The molecule has 0 unspecified atom stereocenters. The molecule has 64 valence electrons. The van der Waals surface area contributed by atoms with Crippen molar-refractivity contribution in [3.8, 4) is 0 Å². The molecule has 11 heavy (non-hydrogen) atoms. The highest BCUT2D eigenvalue weighted by atomic mass is 19.3. The Morgan fingerprint density at radius 2 is 1.82 bits per heavy atom. The number of carbonyl (C=O) groups is 1. The van der Waals surface area contributed by atoms with Crippen molar-refractivity contribution in [1.29, 1.82) is 0 Å². The van der Waals surface area contributed by atoms with Gasteiger partial charge in [-0.15, -0.1) is 0 Å². The van der Waals surface area contributed by atoms with Gasteiger partial charge in [-0.25, -0.2) is 13.6 Å². The largest absolute Gasteiger partial charge is 0.465 e. The minimum Gasteiger partial charge on any atom is -0.465 e. The van der Waals surface area contributed by atoms with Crippen LogP contribution >= 0.6 is 0 Å². The van der Waals surface area contributed by atoms with Gasteiger partial charge in [0, 0.05) is 0 Å². The highest BCUT2D eigenvalue weighted by Gasteiger charge is 2.26. The number of alkyl halides is 2. The van der Waals surface area contributed by atoms with Crippen LogP contribution in [0.15, 0.2) is 11.7 Å². The summed E-state index contributed by atoms with van der Waals surface area (Å²) in [6.07, 6.45) is -6.22. The Morgan fingerprint density at radius 3 is 1.91 bits per heavy atom. The van der Waals surface area contributed by atoms with Gasteiger partial charge in [-0.3, -0.25) is 0 Å². The van der Waals surface area contributed by atoms with Crippen LogP contribution in [0.1, 0.15) is 0 Å². The topological polar surface area (TPSA) is 26.3 Å². The summed E-state index contributed by atoms with van der Waals surface area (Å²) < 4.78 is 49.7. The highest BCUT2D eigenvalue weighted by Crippen LogP contribution is 2.17. The van der Waals surface area contributed by atoms with Crippen molar-refractivity contribution in [2.45, 2.75) is 6.43 Å². The zero-order valence-electron chi connectivity index (χ0n) is 5.41. The molecule has 0 heterocycles. The van der Waals surface area contributed by atoms with E-state index in [0.717, 1.165) is 7.11 Å². The van der Waals surface area contributed by atoms with Gasteiger partial charge in [0.25, 0.3) is 12.5 Å². The zero-order valence-corrected chi connectivity index (χ0v) is 5.41. The van der Waals surface area contributed by atoms with E-state index < -0.39 is 24.0 Å². The summed E-state index contributed by atoms with van der Waals surface area (Å²) in [7, 11) is 0.744. The molecule has 0 aliphatic carbocycles. The quantitative estimate of drug-likeness (QED) is 0.359. The molecule has 0 radical (unpaired) electrons. The molecule has 0 fully saturated rings. The summed E-state index contributed by atoms with van der Waals surface area (Å²) in [5.74, 6) is -1.71. The Balaban J connectivity index is 4.64. The van der Waals surface area contributed by atoms with Crippen molar-refractivity contribution in [2.75, 3.05) is 7.11 Å². The second-order valence-electron chi connectivity index (χ2n) is 1.47. The molecule has 0 aromatic heterocycles. The van der Waals surface area contributed by atoms with E-state index in [0.29, 0.717) is 0 Å². The van der Waals surface area contributed by atoms with Gasteiger partial charge in [-0.1, -0.05) is 0 Å². The maximum absolute atomic E-state index is 11.5. The SMILES string of the molecule is COC(=O)C(=C(F)F)C(F)F. The number of esters is 1. The average molecular weight is 172 g/mol. The number of hydrogen-bond donors (Lipinski definition) is 0. The van der Waals surface area contributed by atoms with Gasteiger partial charge < -0.3 is 4.74 Å². The fraction of sp³-hybridized carbons (Fsp3) is 0.400. The molecule has 0 aromatic carbocycles. The molecule has 0 saturated carbocycles. The first-order valence-corrected chi connectivity index (χ1v) is 2.42. The van der Waals surface area contributed by atoms with Gasteiger partial charge in [0.05, 0.1) is 7.11 Å². The Hall–Kier alpha value is -1.07. The standard InChI is InChI=1S/C5H4F4O2/c1-11-5(10)2(3(6)7)4(8)9/h3H,1H3. The van der Waals surface area contributed by atoms with Crippen LogP contribution < -0.4 is 0 Å². The molecule has 0 aliphatic rings. The third-order valence-electron chi connectivity index (χ3n) is 0.827. The molecule has 0 bridgehead atoms. The van der Waals surface area contributed by atoms with E-state index >= 15 is 0 Å². The lowest BCUT2D eigenvalue weighted by Gasteiger charge is -2.00. The summed E-state index contributed by atoms with van der Waals surface area (Å²) in [5, 5.41) is 0. The van der Waals surface area contributed by atoms with Crippen LogP contribution in [-0.2, 0) is 9.53 Å². The Bertz CT molecular complexity index is 183. The third-order valence-corrected chi connectivity index (χ3v) is 0.827. The monoisotopic (exact) mass is 172 g/mol. The van der Waals surface area contributed by atoms with Crippen LogP contribution in [0.4, 0.5) is 17.6 Å². The highest BCUT2D eigenvalue weighted by molar-refractivity contribution is 5.89. The van der Waals surface area contributed by atoms with E-state index in [1.54, 1.807) is 0 Å². The molecule has 2 nitrogen and oxygen atoms in total. The van der Waals surface area contributed by atoms with Crippen LogP contribution in [0.3, 0.4) is 0 Å². The van der Waals surface area contributed by atoms with E-state index in [2.05, 4.69) is 4.74 Å². The molecule has 0 amide bonds. The Kier molecular flexibility index (Phi) is 3.56. The minimum atomic E-state index is -3.51. The molecule has 0 aliphatic heterocycles. The van der Waals surface area contributed by atoms with Gasteiger partial charge in [0.1, 0.15) is 0 Å². The first-order valence-electron chi connectivity index (χ1n) is 2.42. The lowest BCUT2D eigenvalue weighted by Crippen LogP contribution is -2.12. The maximum Gasteiger partial charge on any atom is 0.345 e. The van der Waals surface area contributed by atoms with E-state index in [1.165, 1.54) is 0 Å². The molecule has 0 aromatic rings. The van der Waals surface area contributed by atoms with Crippen LogP contribution in [0, 0.1) is 0 Å². The molecule has 0 rings (SSSR count). The zero-order chi connectivity index (χ0) is 9.02. The lowest BCUT2D eigenvalue weighted by atomic mass is 10.3. The van der Waals surface area contributed by atoms with Gasteiger partial charge in [-0.2, -0.15) is 8.78 Å². The van der Waals surface area contributed by atoms with Crippen molar-refractivity contribution in [3.05, 3.63) is 11.7 Å². The van der Waals surface area contributed by atoms with Gasteiger partial charge in [0.15, 0.2) is 5.57 Å². The van der Waals surface area contributed by atoms with Gasteiger partial charge in [-0.05, 0) is 0 Å². The first-order chi connectivity index (χ1) is 5.00. The molecule has 0 saturated heterocycles. The van der Waals surface area contributed by atoms with Gasteiger partial charge >= 0.3 is 5.97 Å². The van der Waals surface area contributed by atoms with Crippen molar-refractivity contribution < 1.29 is 27.1 Å². The van der Waals surface area contributed by atoms with Crippen LogP contribution in [0.25, 0.3) is 0 Å². The smallest absolute Gasteiger partial charge is 0.345 e. The summed E-state index contributed by atoms with van der Waals surface area (Å²) in [6, 6.07) is 0. The summed E-state index contributed by atoms with van der Waals surface area (Å²) in [5.41, 5.74) is -1.88. The number of halogens is 4. The fourth-order valence-corrected chi connectivity index (χ4v) is 0.359. The summed E-state index contributed by atoms with van der Waals surface area (Å²) in [6.45, 7) is 0. The van der Waals surface area contributed by atoms with E-state index in [4.69, 9.17) is 0 Å². The normalized spacial score (nSPS) is 9.64.